The Morgan fingerprint density at radius 3 is 2.65 bits per heavy atom. The summed E-state index contributed by atoms with van der Waals surface area (Å²) in [6.45, 7) is 5.97. The molecular weight excluding hydrogens is 338 g/mol. The van der Waals surface area contributed by atoms with Crippen molar-refractivity contribution in [3.05, 3.63) is 16.4 Å². The number of anilines is 2. The number of nitro groups is 1. The molecule has 9 heteroatoms. The van der Waals surface area contributed by atoms with Crippen LogP contribution in [0.2, 0.25) is 0 Å². The first kappa shape index (κ1) is 19.9. The number of carbonyl (C=O) groups is 1. The van der Waals surface area contributed by atoms with E-state index >= 15 is 0 Å². The van der Waals surface area contributed by atoms with Crippen LogP contribution < -0.4 is 9.80 Å². The van der Waals surface area contributed by atoms with Crippen molar-refractivity contribution in [3.8, 4) is 0 Å². The average Bonchev–Trinajstić information content (AvgIpc) is 2.65. The number of ether oxygens (including phenoxy) is 1. The molecule has 0 atom stereocenters. The fourth-order valence-corrected chi connectivity index (χ4v) is 3.12. The van der Waals surface area contributed by atoms with Crippen LogP contribution in [-0.4, -0.2) is 54.1 Å². The molecule has 9 nitrogen and oxygen atoms in total. The van der Waals surface area contributed by atoms with Gasteiger partial charge >= 0.3 is 11.7 Å². The van der Waals surface area contributed by atoms with E-state index in [9.17, 15) is 14.9 Å². The van der Waals surface area contributed by atoms with Gasteiger partial charge in [0.1, 0.15) is 6.33 Å². The molecule has 144 valence electrons. The third-order valence-corrected chi connectivity index (χ3v) is 4.59. The van der Waals surface area contributed by atoms with Gasteiger partial charge in [-0.1, -0.05) is 13.3 Å². The van der Waals surface area contributed by atoms with E-state index in [4.69, 9.17) is 4.74 Å². The van der Waals surface area contributed by atoms with Gasteiger partial charge in [0.25, 0.3) is 0 Å². The zero-order chi connectivity index (χ0) is 19.1. The third-order valence-electron chi connectivity index (χ3n) is 4.59. The highest BCUT2D eigenvalue weighted by Gasteiger charge is 2.33. The number of carbonyl (C=O) groups excluding carboxylic acids is 1. The quantitative estimate of drug-likeness (QED) is 0.393. The first-order valence-electron chi connectivity index (χ1n) is 9.11. The van der Waals surface area contributed by atoms with Crippen LogP contribution in [0.5, 0.6) is 0 Å². The predicted molar refractivity (Wildman–Crippen MR) is 98.4 cm³/mol. The molecule has 0 N–H and O–H groups in total. The highest BCUT2D eigenvalue weighted by atomic mass is 16.6. The number of rotatable bonds is 8. The smallest absolute Gasteiger partial charge is 0.353 e. The normalized spacial score (nSPS) is 15.0. The minimum Gasteiger partial charge on any atom is -0.466 e. The summed E-state index contributed by atoms with van der Waals surface area (Å²) in [5, 5.41) is 11.7. The Bertz CT molecular complexity index is 632. The molecular formula is C17H27N5O4. The number of unbranched alkanes of at least 4 members (excludes halogenated alkanes) is 1. The Balaban J connectivity index is 2.19. The fraction of sp³-hybridized carbons (Fsp3) is 0.706. The minimum absolute atomic E-state index is 0.0688. The molecule has 0 amide bonds. The summed E-state index contributed by atoms with van der Waals surface area (Å²) in [6.07, 6.45) is 4.49. The number of nitrogens with zero attached hydrogens (tertiary/aromatic N) is 5. The van der Waals surface area contributed by atoms with E-state index in [1.54, 1.807) is 11.8 Å². The van der Waals surface area contributed by atoms with Gasteiger partial charge in [0.05, 0.1) is 17.4 Å². The zero-order valence-electron chi connectivity index (χ0n) is 15.7. The maximum absolute atomic E-state index is 11.9. The highest BCUT2D eigenvalue weighted by molar-refractivity contribution is 5.74. The van der Waals surface area contributed by atoms with Crippen molar-refractivity contribution >= 4 is 23.3 Å². The Morgan fingerprint density at radius 1 is 1.38 bits per heavy atom. The fourth-order valence-electron chi connectivity index (χ4n) is 3.12. The molecule has 0 unspecified atom stereocenters. The monoisotopic (exact) mass is 365 g/mol. The Kier molecular flexibility index (Phi) is 7.11. The third kappa shape index (κ3) is 4.59. The van der Waals surface area contributed by atoms with E-state index in [1.165, 1.54) is 6.33 Å². The summed E-state index contributed by atoms with van der Waals surface area (Å²) >= 11 is 0. The van der Waals surface area contributed by atoms with Gasteiger partial charge in [-0.25, -0.2) is 9.97 Å². The Morgan fingerprint density at radius 2 is 2.08 bits per heavy atom. The van der Waals surface area contributed by atoms with Gasteiger partial charge in [-0.2, -0.15) is 0 Å². The summed E-state index contributed by atoms with van der Waals surface area (Å²) < 4.78 is 5.07. The van der Waals surface area contributed by atoms with E-state index in [0.29, 0.717) is 50.7 Å². The number of hydrogen-bond donors (Lipinski definition) is 0. The number of hydrogen-bond acceptors (Lipinski definition) is 8. The molecule has 1 aromatic heterocycles. The molecule has 0 bridgehead atoms. The molecule has 0 radical (unpaired) electrons. The summed E-state index contributed by atoms with van der Waals surface area (Å²) in [5.74, 6) is 0.315. The van der Waals surface area contributed by atoms with E-state index in [0.717, 1.165) is 12.8 Å². The Labute approximate surface area is 153 Å². The summed E-state index contributed by atoms with van der Waals surface area (Å²) in [6, 6.07) is 0. The maximum Gasteiger partial charge on any atom is 0.353 e. The molecule has 26 heavy (non-hydrogen) atoms. The average molecular weight is 365 g/mol. The van der Waals surface area contributed by atoms with Crippen LogP contribution in [0.15, 0.2) is 6.33 Å². The molecule has 1 aromatic rings. The summed E-state index contributed by atoms with van der Waals surface area (Å²) in [5.41, 5.74) is -0.0688. The van der Waals surface area contributed by atoms with Gasteiger partial charge in [0.15, 0.2) is 0 Å². The van der Waals surface area contributed by atoms with Gasteiger partial charge in [0, 0.05) is 26.7 Å². The molecule has 0 aliphatic carbocycles. The van der Waals surface area contributed by atoms with E-state index < -0.39 is 4.92 Å². The second-order valence-electron chi connectivity index (χ2n) is 6.42. The van der Waals surface area contributed by atoms with Crippen molar-refractivity contribution in [2.24, 2.45) is 5.92 Å². The van der Waals surface area contributed by atoms with E-state index in [2.05, 4.69) is 16.9 Å². The van der Waals surface area contributed by atoms with Crippen LogP contribution in [-0.2, 0) is 9.53 Å². The number of aromatic nitrogens is 2. The van der Waals surface area contributed by atoms with Crippen molar-refractivity contribution in [1.29, 1.82) is 0 Å². The highest BCUT2D eigenvalue weighted by Crippen LogP contribution is 2.35. The van der Waals surface area contributed by atoms with Gasteiger partial charge in [0.2, 0.25) is 11.6 Å². The molecule has 1 saturated heterocycles. The molecule has 0 spiro atoms. The van der Waals surface area contributed by atoms with Gasteiger partial charge in [-0.15, -0.1) is 0 Å². The van der Waals surface area contributed by atoms with E-state index in [1.807, 2.05) is 11.9 Å². The number of esters is 1. The van der Waals surface area contributed by atoms with Gasteiger partial charge in [-0.3, -0.25) is 14.9 Å². The molecule has 0 saturated carbocycles. The lowest BCUT2D eigenvalue weighted by molar-refractivity contribution is -0.383. The van der Waals surface area contributed by atoms with Crippen molar-refractivity contribution in [1.82, 2.24) is 9.97 Å². The summed E-state index contributed by atoms with van der Waals surface area (Å²) in [7, 11) is 1.81. The molecule has 1 aliphatic heterocycles. The standard InChI is InChI=1S/C17H27N5O4/c1-4-6-9-20(3)15-14(22(24)25)16(19-12-18-15)21-10-7-13(8-11-21)17(23)26-5-2/h12-13H,4-11H2,1-3H3. The topological polar surface area (TPSA) is 102 Å². The van der Waals surface area contributed by atoms with Crippen LogP contribution in [0.1, 0.15) is 39.5 Å². The van der Waals surface area contributed by atoms with Crippen molar-refractivity contribution < 1.29 is 14.5 Å². The lowest BCUT2D eigenvalue weighted by atomic mass is 9.97. The molecule has 0 aromatic carbocycles. The first-order chi connectivity index (χ1) is 12.5. The molecule has 1 fully saturated rings. The van der Waals surface area contributed by atoms with Crippen LogP contribution in [0.25, 0.3) is 0 Å². The predicted octanol–water partition coefficient (Wildman–Crippen LogP) is 2.40. The van der Waals surface area contributed by atoms with Crippen LogP contribution in [0.3, 0.4) is 0 Å². The van der Waals surface area contributed by atoms with Crippen LogP contribution >= 0.6 is 0 Å². The lowest BCUT2D eigenvalue weighted by Gasteiger charge is -2.31. The molecule has 1 aliphatic rings. The second kappa shape index (κ2) is 9.30. The SMILES string of the molecule is CCCCN(C)c1ncnc(N2CCC(C(=O)OCC)CC2)c1[N+](=O)[O-]. The van der Waals surface area contributed by atoms with Crippen molar-refractivity contribution in [3.63, 3.8) is 0 Å². The van der Waals surface area contributed by atoms with E-state index in [-0.39, 0.29) is 17.6 Å². The second-order valence-corrected chi connectivity index (χ2v) is 6.42. The van der Waals surface area contributed by atoms with Gasteiger partial charge < -0.3 is 14.5 Å². The minimum atomic E-state index is -0.412. The molecule has 2 rings (SSSR count). The Hall–Kier alpha value is -2.45. The largest absolute Gasteiger partial charge is 0.466 e. The molecule has 2 heterocycles. The van der Waals surface area contributed by atoms with Gasteiger partial charge in [-0.05, 0) is 26.2 Å². The summed E-state index contributed by atoms with van der Waals surface area (Å²) in [4.78, 5) is 35.2. The lowest BCUT2D eigenvalue weighted by Crippen LogP contribution is -2.38. The van der Waals surface area contributed by atoms with Crippen molar-refractivity contribution in [2.75, 3.05) is 43.1 Å². The van der Waals surface area contributed by atoms with Crippen molar-refractivity contribution in [2.45, 2.75) is 39.5 Å². The first-order valence-corrected chi connectivity index (χ1v) is 9.11. The van der Waals surface area contributed by atoms with Crippen LogP contribution in [0, 0.1) is 16.0 Å². The number of piperidine rings is 1. The zero-order valence-corrected chi connectivity index (χ0v) is 15.7. The van der Waals surface area contributed by atoms with Crippen LogP contribution in [0.4, 0.5) is 17.3 Å². The maximum atomic E-state index is 11.9.